The second-order valence-electron chi connectivity index (χ2n) is 8.33. The van der Waals surface area contributed by atoms with E-state index in [1.54, 1.807) is 49.4 Å². The Hall–Kier alpha value is -3.89. The number of pyridine rings is 1. The van der Waals surface area contributed by atoms with E-state index in [0.29, 0.717) is 34.3 Å². The van der Waals surface area contributed by atoms with Crippen LogP contribution in [0.15, 0.2) is 53.5 Å². The molecule has 36 heavy (non-hydrogen) atoms. The molecule has 3 rings (SSSR count). The van der Waals surface area contributed by atoms with Gasteiger partial charge < -0.3 is 19.8 Å². The van der Waals surface area contributed by atoms with Gasteiger partial charge in [0.15, 0.2) is 6.61 Å². The van der Waals surface area contributed by atoms with E-state index in [2.05, 4.69) is 22.1 Å². The quantitative estimate of drug-likeness (QED) is 0.238. The van der Waals surface area contributed by atoms with Gasteiger partial charge in [0.2, 0.25) is 5.43 Å². The number of carbonyl (C=O) groups excluding carboxylic acids is 3. The van der Waals surface area contributed by atoms with E-state index in [-0.39, 0.29) is 36.9 Å². The molecule has 2 aromatic carbocycles. The summed E-state index contributed by atoms with van der Waals surface area (Å²) in [6.07, 6.45) is 4.45. The SMILES string of the molecule is CC(=O)CCCCCC(=O)OCC#Cc1ccc2[nH]cc(C(=O)NCc3ccc(Cl)cc3)c(=O)c2c1. The highest BCUT2D eigenvalue weighted by Gasteiger charge is 2.13. The number of H-pyrrole nitrogens is 1. The first-order chi connectivity index (χ1) is 17.3. The summed E-state index contributed by atoms with van der Waals surface area (Å²) in [4.78, 5) is 51.2. The molecule has 1 heterocycles. The number of fused-ring (bicyclic) bond motifs is 1. The van der Waals surface area contributed by atoms with Gasteiger partial charge in [0, 0.05) is 47.1 Å². The van der Waals surface area contributed by atoms with Gasteiger partial charge in [-0.05, 0) is 55.7 Å². The molecule has 0 bridgehead atoms. The molecule has 0 unspecified atom stereocenters. The monoisotopic (exact) mass is 506 g/mol. The number of nitrogens with one attached hydrogen (secondary N) is 2. The van der Waals surface area contributed by atoms with Crippen molar-refractivity contribution in [3.05, 3.63) is 80.6 Å². The molecule has 186 valence electrons. The fraction of sp³-hybridized carbons (Fsp3) is 0.286. The summed E-state index contributed by atoms with van der Waals surface area (Å²) in [7, 11) is 0. The van der Waals surface area contributed by atoms with Crippen LogP contribution in [-0.4, -0.2) is 29.3 Å². The van der Waals surface area contributed by atoms with Crippen LogP contribution in [0.2, 0.25) is 5.02 Å². The van der Waals surface area contributed by atoms with Gasteiger partial charge in [0.25, 0.3) is 5.91 Å². The summed E-state index contributed by atoms with van der Waals surface area (Å²) in [5.74, 6) is 4.98. The Bertz CT molecular complexity index is 1370. The van der Waals surface area contributed by atoms with E-state index in [1.807, 2.05) is 0 Å². The molecule has 2 N–H and O–H groups in total. The highest BCUT2D eigenvalue weighted by Crippen LogP contribution is 2.12. The second kappa shape index (κ2) is 13.3. The lowest BCUT2D eigenvalue weighted by Gasteiger charge is -2.07. The standard InChI is InChI=1S/C28H27ClN2O5/c1-19(32)6-3-2-4-8-26(33)36-15-5-7-20-11-14-25-23(16-20)27(34)24(18-30-25)28(35)31-17-21-9-12-22(29)13-10-21/h9-14,16,18H,2-4,6,8,15,17H2,1H3,(H,30,34)(H,31,35). The molecular weight excluding hydrogens is 480 g/mol. The normalized spacial score (nSPS) is 10.4. The maximum atomic E-state index is 12.9. The number of aromatic amines is 1. The van der Waals surface area contributed by atoms with E-state index in [9.17, 15) is 19.2 Å². The smallest absolute Gasteiger partial charge is 0.306 e. The van der Waals surface area contributed by atoms with E-state index >= 15 is 0 Å². The predicted octanol–water partition coefficient (Wildman–Crippen LogP) is 4.55. The number of ether oxygens (including phenoxy) is 1. The number of Topliss-reactive ketones (excluding diaryl/α,β-unsaturated/α-hetero) is 1. The van der Waals surface area contributed by atoms with Crippen molar-refractivity contribution in [3.63, 3.8) is 0 Å². The van der Waals surface area contributed by atoms with Crippen molar-refractivity contribution < 1.29 is 19.1 Å². The third-order valence-electron chi connectivity index (χ3n) is 5.44. The Kier molecular flexibility index (Phi) is 9.84. The summed E-state index contributed by atoms with van der Waals surface area (Å²) in [5, 5.41) is 3.68. The lowest BCUT2D eigenvalue weighted by molar-refractivity contribution is -0.142. The lowest BCUT2D eigenvalue weighted by atomic mass is 10.1. The summed E-state index contributed by atoms with van der Waals surface area (Å²) < 4.78 is 5.12. The summed E-state index contributed by atoms with van der Waals surface area (Å²) in [5.41, 5.74) is 1.59. The van der Waals surface area contributed by atoms with Crippen LogP contribution < -0.4 is 10.7 Å². The topological polar surface area (TPSA) is 105 Å². The van der Waals surface area contributed by atoms with Crippen LogP contribution in [0, 0.1) is 11.8 Å². The molecule has 0 saturated heterocycles. The van der Waals surface area contributed by atoms with Crippen molar-refractivity contribution in [2.45, 2.75) is 45.6 Å². The number of benzene rings is 2. The van der Waals surface area contributed by atoms with E-state index < -0.39 is 11.3 Å². The van der Waals surface area contributed by atoms with E-state index in [4.69, 9.17) is 16.3 Å². The zero-order chi connectivity index (χ0) is 25.9. The van der Waals surface area contributed by atoms with Crippen LogP contribution in [0.1, 0.15) is 60.5 Å². The zero-order valence-corrected chi connectivity index (χ0v) is 20.7. The minimum Gasteiger partial charge on any atom is -0.452 e. The van der Waals surface area contributed by atoms with Crippen molar-refractivity contribution in [2.24, 2.45) is 0 Å². The fourth-order valence-corrected chi connectivity index (χ4v) is 3.62. The van der Waals surface area contributed by atoms with Gasteiger partial charge in [0.1, 0.15) is 11.3 Å². The van der Waals surface area contributed by atoms with Crippen LogP contribution in [-0.2, 0) is 20.9 Å². The fourth-order valence-electron chi connectivity index (χ4n) is 3.49. The number of esters is 1. The number of amides is 1. The minimum absolute atomic E-state index is 0.00111. The third-order valence-corrected chi connectivity index (χ3v) is 5.69. The van der Waals surface area contributed by atoms with Crippen LogP contribution in [0.4, 0.5) is 0 Å². The molecule has 1 amide bonds. The molecule has 0 saturated carbocycles. The minimum atomic E-state index is -0.488. The Labute approximate surface area is 214 Å². The average molecular weight is 507 g/mol. The molecule has 0 spiro atoms. The van der Waals surface area contributed by atoms with Gasteiger partial charge in [-0.1, -0.05) is 42.0 Å². The predicted molar refractivity (Wildman–Crippen MR) is 139 cm³/mol. The van der Waals surface area contributed by atoms with Crippen molar-refractivity contribution >= 4 is 40.2 Å². The summed E-state index contributed by atoms with van der Waals surface area (Å²) >= 11 is 5.88. The van der Waals surface area contributed by atoms with Crippen molar-refractivity contribution in [2.75, 3.05) is 6.61 Å². The van der Waals surface area contributed by atoms with Gasteiger partial charge in [-0.3, -0.25) is 14.4 Å². The number of carbonyl (C=O) groups is 3. The molecule has 0 aliphatic rings. The second-order valence-corrected chi connectivity index (χ2v) is 8.76. The molecule has 0 atom stereocenters. The Morgan fingerprint density at radius 2 is 1.78 bits per heavy atom. The number of halogens is 1. The first-order valence-electron chi connectivity index (χ1n) is 11.7. The van der Waals surface area contributed by atoms with Gasteiger partial charge in [0.05, 0.1) is 0 Å². The molecular formula is C28H27ClN2O5. The molecule has 0 aliphatic carbocycles. The number of hydrogen-bond donors (Lipinski definition) is 2. The number of hydrogen-bond acceptors (Lipinski definition) is 5. The Morgan fingerprint density at radius 1 is 1.03 bits per heavy atom. The van der Waals surface area contributed by atoms with Crippen LogP contribution in [0.25, 0.3) is 10.9 Å². The first kappa shape index (κ1) is 26.7. The van der Waals surface area contributed by atoms with Crippen molar-refractivity contribution in [3.8, 4) is 11.8 Å². The lowest BCUT2D eigenvalue weighted by Crippen LogP contribution is -2.28. The average Bonchev–Trinajstić information content (AvgIpc) is 2.86. The largest absolute Gasteiger partial charge is 0.452 e. The first-order valence-corrected chi connectivity index (χ1v) is 12.0. The zero-order valence-electron chi connectivity index (χ0n) is 20.0. The number of unbranched alkanes of at least 4 members (excludes halogenated alkanes) is 2. The van der Waals surface area contributed by atoms with Crippen LogP contribution in [0.5, 0.6) is 0 Å². The maximum Gasteiger partial charge on any atom is 0.306 e. The maximum absolute atomic E-state index is 12.9. The van der Waals surface area contributed by atoms with Crippen LogP contribution >= 0.6 is 11.6 Å². The highest BCUT2D eigenvalue weighted by molar-refractivity contribution is 6.30. The van der Waals surface area contributed by atoms with Gasteiger partial charge in [-0.2, -0.15) is 0 Å². The van der Waals surface area contributed by atoms with Gasteiger partial charge in [-0.25, -0.2) is 0 Å². The summed E-state index contributed by atoms with van der Waals surface area (Å²) in [6, 6.07) is 12.1. The van der Waals surface area contributed by atoms with Gasteiger partial charge in [-0.15, -0.1) is 0 Å². The summed E-state index contributed by atoms with van der Waals surface area (Å²) in [6.45, 7) is 1.75. The molecule has 0 fully saturated rings. The highest BCUT2D eigenvalue weighted by atomic mass is 35.5. The third kappa shape index (κ3) is 8.10. The van der Waals surface area contributed by atoms with Crippen molar-refractivity contribution in [1.82, 2.24) is 10.3 Å². The number of rotatable bonds is 10. The Balaban J connectivity index is 1.57. The molecule has 0 radical (unpaired) electrons. The van der Waals surface area contributed by atoms with E-state index in [0.717, 1.165) is 18.4 Å². The Morgan fingerprint density at radius 3 is 2.53 bits per heavy atom. The van der Waals surface area contributed by atoms with Crippen molar-refractivity contribution in [1.29, 1.82) is 0 Å². The molecule has 1 aromatic heterocycles. The molecule has 7 nitrogen and oxygen atoms in total. The number of aromatic nitrogens is 1. The molecule has 0 aliphatic heterocycles. The van der Waals surface area contributed by atoms with Crippen LogP contribution in [0.3, 0.4) is 0 Å². The molecule has 8 heteroatoms. The van der Waals surface area contributed by atoms with E-state index in [1.165, 1.54) is 6.20 Å². The molecule has 3 aromatic rings. The van der Waals surface area contributed by atoms with Gasteiger partial charge >= 0.3 is 5.97 Å². The number of ketones is 1.